The van der Waals surface area contributed by atoms with Crippen LogP contribution in [0.1, 0.15) is 16.7 Å². The highest BCUT2D eigenvalue weighted by atomic mass is 35.5. The number of nitrogens with one attached hydrogen (secondary N) is 1. The number of aryl methyl sites for hydroxylation is 1. The average Bonchev–Trinajstić information content (AvgIpc) is 3.00. The number of rotatable bonds is 8. The summed E-state index contributed by atoms with van der Waals surface area (Å²) in [7, 11) is 2.94. The monoisotopic (exact) mass is 562 g/mol. The molecular formula is C34H27ClN2O4. The molecule has 1 N–H and O–H groups in total. The van der Waals surface area contributed by atoms with Crippen LogP contribution in [0, 0.1) is 18.3 Å². The van der Waals surface area contributed by atoms with Crippen LogP contribution in [0.5, 0.6) is 17.2 Å². The van der Waals surface area contributed by atoms with Crippen molar-refractivity contribution in [1.82, 2.24) is 0 Å². The van der Waals surface area contributed by atoms with E-state index in [2.05, 4.69) is 36.5 Å². The molecule has 1 amide bonds. The molecule has 0 aliphatic heterocycles. The zero-order valence-corrected chi connectivity index (χ0v) is 23.6. The van der Waals surface area contributed by atoms with E-state index in [-0.39, 0.29) is 5.57 Å². The van der Waals surface area contributed by atoms with Crippen LogP contribution in [0.3, 0.4) is 0 Å². The third kappa shape index (κ3) is 5.67. The van der Waals surface area contributed by atoms with E-state index in [0.29, 0.717) is 40.1 Å². The van der Waals surface area contributed by atoms with Crippen molar-refractivity contribution in [3.63, 3.8) is 0 Å². The third-order valence-corrected chi connectivity index (χ3v) is 7.25. The summed E-state index contributed by atoms with van der Waals surface area (Å²) >= 11 is 6.21. The molecular weight excluding hydrogens is 536 g/mol. The van der Waals surface area contributed by atoms with Gasteiger partial charge in [0.2, 0.25) is 0 Å². The van der Waals surface area contributed by atoms with Crippen molar-refractivity contribution in [2.45, 2.75) is 13.5 Å². The second-order valence-corrected chi connectivity index (χ2v) is 9.79. The van der Waals surface area contributed by atoms with Crippen LogP contribution in [0.2, 0.25) is 5.02 Å². The molecule has 0 aliphatic rings. The highest BCUT2D eigenvalue weighted by molar-refractivity contribution is 6.32. The topological polar surface area (TPSA) is 80.6 Å². The molecule has 0 spiro atoms. The molecule has 0 radical (unpaired) electrons. The molecule has 0 heterocycles. The highest BCUT2D eigenvalue weighted by Crippen LogP contribution is 2.37. The smallest absolute Gasteiger partial charge is 0.266 e. The fourth-order valence-electron chi connectivity index (χ4n) is 4.78. The molecule has 0 saturated heterocycles. The minimum Gasteiger partial charge on any atom is -0.495 e. The van der Waals surface area contributed by atoms with Crippen molar-refractivity contribution >= 4 is 50.8 Å². The Bertz CT molecular complexity index is 1860. The van der Waals surface area contributed by atoms with E-state index >= 15 is 0 Å². The van der Waals surface area contributed by atoms with Gasteiger partial charge in [-0.2, -0.15) is 5.26 Å². The molecule has 7 heteroatoms. The number of nitrogens with zero attached hydrogens (tertiary/aromatic N) is 1. The van der Waals surface area contributed by atoms with E-state index in [1.54, 1.807) is 12.1 Å². The number of carbonyl (C=O) groups excluding carboxylic acids is 1. The van der Waals surface area contributed by atoms with Gasteiger partial charge in [-0.15, -0.1) is 0 Å². The van der Waals surface area contributed by atoms with Gasteiger partial charge < -0.3 is 19.5 Å². The Kier molecular flexibility index (Phi) is 8.09. The predicted octanol–water partition coefficient (Wildman–Crippen LogP) is 8.10. The first kappa shape index (κ1) is 27.6. The van der Waals surface area contributed by atoms with Crippen molar-refractivity contribution in [2.24, 2.45) is 0 Å². The molecule has 5 aromatic carbocycles. The maximum Gasteiger partial charge on any atom is 0.266 e. The summed E-state index contributed by atoms with van der Waals surface area (Å²) in [6, 6.07) is 29.1. The lowest BCUT2D eigenvalue weighted by atomic mass is 9.99. The van der Waals surface area contributed by atoms with E-state index in [1.807, 2.05) is 54.6 Å². The van der Waals surface area contributed by atoms with Gasteiger partial charge in [0.05, 0.1) is 24.9 Å². The molecule has 0 aliphatic carbocycles. The number of amides is 1. The van der Waals surface area contributed by atoms with E-state index in [0.717, 1.165) is 32.7 Å². The largest absolute Gasteiger partial charge is 0.495 e. The van der Waals surface area contributed by atoms with Crippen LogP contribution >= 0.6 is 11.6 Å². The summed E-state index contributed by atoms with van der Waals surface area (Å²) in [6.07, 6.45) is 1.56. The van der Waals surface area contributed by atoms with E-state index < -0.39 is 5.91 Å². The Morgan fingerprint density at radius 3 is 2.24 bits per heavy atom. The standard InChI is InChI=1S/C34H27ClN2O4/c1-21-12-13-22-8-5-7-11-26(22)28(21)20-41-31-15-14-23-9-4-6-10-25(23)27(31)16-24(19-36)34(38)37-30-18-32(39-2)29(35)17-33(30)40-3/h4-18H,20H2,1-3H3,(H,37,38)/b24-16+. The van der Waals surface area contributed by atoms with Crippen LogP contribution in [-0.2, 0) is 11.4 Å². The highest BCUT2D eigenvalue weighted by Gasteiger charge is 2.18. The van der Waals surface area contributed by atoms with Crippen LogP contribution in [0.4, 0.5) is 5.69 Å². The Morgan fingerprint density at radius 1 is 0.878 bits per heavy atom. The van der Waals surface area contributed by atoms with Gasteiger partial charge >= 0.3 is 0 Å². The third-order valence-electron chi connectivity index (χ3n) is 6.95. The fraction of sp³-hybridized carbons (Fsp3) is 0.118. The van der Waals surface area contributed by atoms with Crippen LogP contribution in [0.15, 0.2) is 90.5 Å². The lowest BCUT2D eigenvalue weighted by Gasteiger charge is -2.16. The molecule has 0 aromatic heterocycles. The second-order valence-electron chi connectivity index (χ2n) is 9.38. The van der Waals surface area contributed by atoms with Gasteiger partial charge in [-0.05, 0) is 46.2 Å². The van der Waals surface area contributed by atoms with Crippen molar-refractivity contribution in [2.75, 3.05) is 19.5 Å². The number of halogens is 1. The zero-order valence-electron chi connectivity index (χ0n) is 22.8. The molecule has 0 bridgehead atoms. The summed E-state index contributed by atoms with van der Waals surface area (Å²) in [6.45, 7) is 2.38. The predicted molar refractivity (Wildman–Crippen MR) is 164 cm³/mol. The molecule has 5 rings (SSSR count). The number of fused-ring (bicyclic) bond motifs is 2. The lowest BCUT2D eigenvalue weighted by molar-refractivity contribution is -0.112. The van der Waals surface area contributed by atoms with Crippen molar-refractivity contribution in [3.05, 3.63) is 112 Å². The maximum atomic E-state index is 13.3. The Balaban J connectivity index is 1.53. The quantitative estimate of drug-likeness (QED) is 0.153. The Hall–Kier alpha value is -4.99. The summed E-state index contributed by atoms with van der Waals surface area (Å²) in [5.74, 6) is 0.640. The minimum absolute atomic E-state index is 0.108. The van der Waals surface area contributed by atoms with Gasteiger partial charge in [0.15, 0.2) is 0 Å². The Morgan fingerprint density at radius 2 is 1.54 bits per heavy atom. The molecule has 0 unspecified atom stereocenters. The summed E-state index contributed by atoms with van der Waals surface area (Å²) in [4.78, 5) is 13.3. The molecule has 6 nitrogen and oxygen atoms in total. The molecule has 5 aromatic rings. The fourth-order valence-corrected chi connectivity index (χ4v) is 5.01. The lowest BCUT2D eigenvalue weighted by Crippen LogP contribution is -2.14. The van der Waals surface area contributed by atoms with E-state index in [9.17, 15) is 10.1 Å². The first-order valence-electron chi connectivity index (χ1n) is 12.9. The molecule has 0 atom stereocenters. The molecule has 0 fully saturated rings. The normalized spacial score (nSPS) is 11.2. The second kappa shape index (κ2) is 12.0. The van der Waals surface area contributed by atoms with Crippen LogP contribution in [-0.4, -0.2) is 20.1 Å². The maximum absolute atomic E-state index is 13.3. The number of nitriles is 1. The number of hydrogen-bond acceptors (Lipinski definition) is 5. The van der Waals surface area contributed by atoms with Crippen molar-refractivity contribution in [1.29, 1.82) is 5.26 Å². The number of hydrogen-bond donors (Lipinski definition) is 1. The Labute approximate surface area is 243 Å². The first-order chi connectivity index (χ1) is 19.9. The number of anilines is 1. The summed E-state index contributed by atoms with van der Waals surface area (Å²) < 4.78 is 17.1. The van der Waals surface area contributed by atoms with Crippen molar-refractivity contribution in [3.8, 4) is 23.3 Å². The van der Waals surface area contributed by atoms with Gasteiger partial charge in [0.1, 0.15) is 35.5 Å². The minimum atomic E-state index is -0.612. The van der Waals surface area contributed by atoms with Crippen LogP contribution in [0.25, 0.3) is 27.6 Å². The summed E-state index contributed by atoms with van der Waals surface area (Å²) in [5, 5.41) is 17.2. The molecule has 204 valence electrons. The van der Waals surface area contributed by atoms with E-state index in [1.165, 1.54) is 20.3 Å². The van der Waals surface area contributed by atoms with Crippen LogP contribution < -0.4 is 19.5 Å². The van der Waals surface area contributed by atoms with Gasteiger partial charge in [-0.1, -0.05) is 78.3 Å². The average molecular weight is 563 g/mol. The number of benzene rings is 5. The number of ether oxygens (including phenoxy) is 3. The first-order valence-corrected chi connectivity index (χ1v) is 13.3. The van der Waals surface area contributed by atoms with Gasteiger partial charge in [0.25, 0.3) is 5.91 Å². The summed E-state index contributed by atoms with van der Waals surface area (Å²) in [5.41, 5.74) is 3.04. The number of methoxy groups -OCH3 is 2. The number of carbonyl (C=O) groups is 1. The van der Waals surface area contributed by atoms with Gasteiger partial charge in [-0.3, -0.25) is 4.79 Å². The molecule has 41 heavy (non-hydrogen) atoms. The van der Waals surface area contributed by atoms with Gasteiger partial charge in [-0.25, -0.2) is 0 Å². The molecule has 0 saturated carbocycles. The zero-order chi connectivity index (χ0) is 28.9. The van der Waals surface area contributed by atoms with Crippen molar-refractivity contribution < 1.29 is 19.0 Å². The van der Waals surface area contributed by atoms with Gasteiger partial charge in [0, 0.05) is 23.3 Å². The SMILES string of the molecule is COc1cc(NC(=O)/C(C#N)=C/c2c(OCc3c(C)ccc4ccccc34)ccc3ccccc23)c(OC)cc1Cl. The van der Waals surface area contributed by atoms with E-state index in [4.69, 9.17) is 25.8 Å².